The van der Waals surface area contributed by atoms with E-state index in [1.165, 1.54) is 64.5 Å². The summed E-state index contributed by atoms with van der Waals surface area (Å²) >= 11 is 0. The Hall–Kier alpha value is -0.120. The van der Waals surface area contributed by atoms with E-state index in [0.717, 1.165) is 25.8 Å². The second-order valence-corrected chi connectivity index (χ2v) is 7.46. The molecule has 1 saturated heterocycles. The van der Waals surface area contributed by atoms with Crippen molar-refractivity contribution >= 4 is 0 Å². The Labute approximate surface area is 124 Å². The number of hydrogen-bond donors (Lipinski definition) is 1. The summed E-state index contributed by atoms with van der Waals surface area (Å²) in [5, 5.41) is 3.84. The second kappa shape index (κ2) is 6.76. The molecule has 116 valence electrons. The lowest BCUT2D eigenvalue weighted by molar-refractivity contribution is -0.0233. The van der Waals surface area contributed by atoms with E-state index < -0.39 is 0 Å². The molecule has 3 fully saturated rings. The molecule has 1 N–H and O–H groups in total. The van der Waals surface area contributed by atoms with Crippen LogP contribution in [0.15, 0.2) is 0 Å². The van der Waals surface area contributed by atoms with E-state index >= 15 is 0 Å². The molecule has 1 unspecified atom stereocenters. The van der Waals surface area contributed by atoms with Crippen LogP contribution in [0.5, 0.6) is 0 Å². The van der Waals surface area contributed by atoms with Crippen LogP contribution in [-0.2, 0) is 4.74 Å². The molecule has 0 bridgehead atoms. The second-order valence-electron chi connectivity index (χ2n) is 7.46. The lowest BCUT2D eigenvalue weighted by atomic mass is 9.79. The van der Waals surface area contributed by atoms with Gasteiger partial charge in [-0.3, -0.25) is 4.90 Å². The minimum absolute atomic E-state index is 0.532. The zero-order chi connectivity index (χ0) is 13.8. The molecule has 1 aliphatic heterocycles. The highest BCUT2D eigenvalue weighted by atomic mass is 16.5. The van der Waals surface area contributed by atoms with Gasteiger partial charge in [-0.1, -0.05) is 25.7 Å². The van der Waals surface area contributed by atoms with E-state index in [1.54, 1.807) is 0 Å². The monoisotopic (exact) mass is 280 g/mol. The lowest BCUT2D eigenvalue weighted by Gasteiger charge is -2.42. The molecule has 0 aromatic heterocycles. The molecule has 1 atom stereocenters. The zero-order valence-corrected chi connectivity index (χ0v) is 13.2. The van der Waals surface area contributed by atoms with Crippen LogP contribution >= 0.6 is 0 Å². The molecule has 2 saturated carbocycles. The van der Waals surface area contributed by atoms with Gasteiger partial charge in [0, 0.05) is 31.7 Å². The molecule has 2 aliphatic carbocycles. The number of ether oxygens (including phenoxy) is 1. The highest BCUT2D eigenvalue weighted by Gasteiger charge is 2.36. The number of rotatable bonds is 5. The molecule has 0 amide bonds. The molecule has 3 heteroatoms. The first-order valence-electron chi connectivity index (χ1n) is 8.83. The van der Waals surface area contributed by atoms with Crippen molar-refractivity contribution in [2.75, 3.05) is 32.8 Å². The average molecular weight is 280 g/mol. The van der Waals surface area contributed by atoms with E-state index in [4.69, 9.17) is 4.74 Å². The molecular formula is C17H32N2O. The van der Waals surface area contributed by atoms with Gasteiger partial charge in [0.25, 0.3) is 0 Å². The fourth-order valence-corrected chi connectivity index (χ4v) is 3.94. The van der Waals surface area contributed by atoms with Crippen molar-refractivity contribution in [3.63, 3.8) is 0 Å². The number of nitrogens with zero attached hydrogens (tertiary/aromatic N) is 1. The number of hydrogen-bond acceptors (Lipinski definition) is 3. The largest absolute Gasteiger partial charge is 0.379 e. The summed E-state index contributed by atoms with van der Waals surface area (Å²) in [7, 11) is 0. The first kappa shape index (κ1) is 14.8. The van der Waals surface area contributed by atoms with Crippen molar-refractivity contribution < 1.29 is 4.74 Å². The first-order valence-corrected chi connectivity index (χ1v) is 8.83. The third kappa shape index (κ3) is 3.96. The van der Waals surface area contributed by atoms with Crippen molar-refractivity contribution in [2.24, 2.45) is 5.41 Å². The predicted molar refractivity (Wildman–Crippen MR) is 83.0 cm³/mol. The van der Waals surface area contributed by atoms with E-state index in [-0.39, 0.29) is 0 Å². The van der Waals surface area contributed by atoms with Gasteiger partial charge >= 0.3 is 0 Å². The van der Waals surface area contributed by atoms with Gasteiger partial charge in [0.2, 0.25) is 0 Å². The number of morpholine rings is 1. The van der Waals surface area contributed by atoms with Gasteiger partial charge in [0.1, 0.15) is 0 Å². The SMILES string of the molecule is CC1COCCN1CC1(CNC2CC2)CCCCCC1. The highest BCUT2D eigenvalue weighted by Crippen LogP contribution is 2.37. The molecule has 0 radical (unpaired) electrons. The highest BCUT2D eigenvalue weighted by molar-refractivity contribution is 4.92. The molecular weight excluding hydrogens is 248 g/mol. The van der Waals surface area contributed by atoms with E-state index in [2.05, 4.69) is 17.1 Å². The Bertz CT molecular complexity index is 295. The standard InChI is InChI=1S/C17H32N2O/c1-15-12-20-11-10-19(15)14-17(13-18-16-6-7-16)8-4-2-3-5-9-17/h15-16,18H,2-14H2,1H3. The molecule has 0 aromatic carbocycles. The van der Waals surface area contributed by atoms with E-state index in [0.29, 0.717) is 11.5 Å². The van der Waals surface area contributed by atoms with Crippen LogP contribution in [0.3, 0.4) is 0 Å². The average Bonchev–Trinajstić information content (AvgIpc) is 3.27. The van der Waals surface area contributed by atoms with Crippen LogP contribution < -0.4 is 5.32 Å². The molecule has 3 nitrogen and oxygen atoms in total. The third-order valence-electron chi connectivity index (χ3n) is 5.55. The molecule has 20 heavy (non-hydrogen) atoms. The quantitative estimate of drug-likeness (QED) is 0.784. The minimum Gasteiger partial charge on any atom is -0.379 e. The summed E-state index contributed by atoms with van der Waals surface area (Å²) in [5.41, 5.74) is 0.532. The van der Waals surface area contributed by atoms with Crippen molar-refractivity contribution in [1.82, 2.24) is 10.2 Å². The summed E-state index contributed by atoms with van der Waals surface area (Å²) < 4.78 is 5.61. The van der Waals surface area contributed by atoms with Crippen LogP contribution in [0, 0.1) is 5.41 Å². The normalized spacial score (nSPS) is 31.9. The predicted octanol–water partition coefficient (Wildman–Crippen LogP) is 2.80. The van der Waals surface area contributed by atoms with Crippen LogP contribution in [0.4, 0.5) is 0 Å². The van der Waals surface area contributed by atoms with Crippen LogP contribution in [0.25, 0.3) is 0 Å². The van der Waals surface area contributed by atoms with Crippen molar-refractivity contribution in [3.05, 3.63) is 0 Å². The molecule has 1 heterocycles. The van der Waals surface area contributed by atoms with Crippen molar-refractivity contribution in [1.29, 1.82) is 0 Å². The topological polar surface area (TPSA) is 24.5 Å². The Morgan fingerprint density at radius 2 is 1.90 bits per heavy atom. The van der Waals surface area contributed by atoms with Crippen LogP contribution in [0.2, 0.25) is 0 Å². The summed E-state index contributed by atoms with van der Waals surface area (Å²) in [6, 6.07) is 1.45. The molecule has 3 aliphatic rings. The van der Waals surface area contributed by atoms with Crippen molar-refractivity contribution in [3.8, 4) is 0 Å². The zero-order valence-electron chi connectivity index (χ0n) is 13.2. The van der Waals surface area contributed by atoms with Gasteiger partial charge in [0.15, 0.2) is 0 Å². The Morgan fingerprint density at radius 1 is 1.15 bits per heavy atom. The minimum atomic E-state index is 0.532. The lowest BCUT2D eigenvalue weighted by Crippen LogP contribution is -2.51. The molecule has 0 aromatic rings. The maximum absolute atomic E-state index is 5.61. The molecule has 0 spiro atoms. The van der Waals surface area contributed by atoms with Gasteiger partial charge in [0.05, 0.1) is 13.2 Å². The van der Waals surface area contributed by atoms with Crippen molar-refractivity contribution in [2.45, 2.75) is 70.4 Å². The van der Waals surface area contributed by atoms with Gasteiger partial charge in [-0.25, -0.2) is 0 Å². The Balaban J connectivity index is 1.62. The first-order chi connectivity index (χ1) is 9.77. The fourth-order valence-electron chi connectivity index (χ4n) is 3.94. The third-order valence-corrected chi connectivity index (χ3v) is 5.55. The number of nitrogens with one attached hydrogen (secondary N) is 1. The summed E-state index contributed by atoms with van der Waals surface area (Å²) in [6.07, 6.45) is 11.4. The summed E-state index contributed by atoms with van der Waals surface area (Å²) in [5.74, 6) is 0. The van der Waals surface area contributed by atoms with E-state index in [1.807, 2.05) is 0 Å². The fraction of sp³-hybridized carbons (Fsp3) is 1.00. The van der Waals surface area contributed by atoms with Gasteiger partial charge in [-0.15, -0.1) is 0 Å². The van der Waals surface area contributed by atoms with Gasteiger partial charge in [-0.2, -0.15) is 0 Å². The Morgan fingerprint density at radius 3 is 2.55 bits per heavy atom. The van der Waals surface area contributed by atoms with Gasteiger partial charge in [-0.05, 0) is 38.0 Å². The Kier molecular flexibility index (Phi) is 5.00. The van der Waals surface area contributed by atoms with E-state index in [9.17, 15) is 0 Å². The maximum atomic E-state index is 5.61. The van der Waals surface area contributed by atoms with Crippen LogP contribution in [0.1, 0.15) is 58.3 Å². The summed E-state index contributed by atoms with van der Waals surface area (Å²) in [6.45, 7) is 7.85. The molecule has 3 rings (SSSR count). The smallest absolute Gasteiger partial charge is 0.0619 e. The summed E-state index contributed by atoms with van der Waals surface area (Å²) in [4.78, 5) is 2.70. The van der Waals surface area contributed by atoms with Gasteiger partial charge < -0.3 is 10.1 Å². The maximum Gasteiger partial charge on any atom is 0.0619 e. The van der Waals surface area contributed by atoms with Crippen LogP contribution in [-0.4, -0.2) is 49.8 Å².